The lowest BCUT2D eigenvalue weighted by molar-refractivity contribution is -0.143. The van der Waals surface area contributed by atoms with Crippen molar-refractivity contribution in [1.82, 2.24) is 16.0 Å². The first-order valence-corrected chi connectivity index (χ1v) is 11.2. The molecule has 7 nitrogen and oxygen atoms in total. The van der Waals surface area contributed by atoms with Crippen molar-refractivity contribution in [1.29, 1.82) is 0 Å². The highest BCUT2D eigenvalue weighted by Gasteiger charge is 2.38. The zero-order chi connectivity index (χ0) is 16.3. The number of hydrogen-bond acceptors (Lipinski definition) is 4. The molecule has 22 heavy (non-hydrogen) atoms. The Morgan fingerprint density at radius 2 is 2.18 bits per heavy atom. The standard InChI is InChI=1S/C14H25N3O4Si/c1-22(2)7-11(16-8-22)13(19)17-10(14(20)21)6-9-4-3-5-15-12(9)18/h9-11,16H,3-8H2,1-2H3,(H,15,18)(H,17,19)(H,20,21)/t9-,10?,11-/m0/s1. The van der Waals surface area contributed by atoms with Crippen molar-refractivity contribution < 1.29 is 19.5 Å². The molecule has 0 spiro atoms. The summed E-state index contributed by atoms with van der Waals surface area (Å²) in [7, 11) is -1.38. The number of amides is 2. The van der Waals surface area contributed by atoms with Gasteiger partial charge in [0, 0.05) is 12.5 Å². The number of carbonyl (C=O) groups is 3. The molecule has 0 bridgehead atoms. The lowest BCUT2D eigenvalue weighted by Gasteiger charge is -2.25. The molecule has 8 heteroatoms. The largest absolute Gasteiger partial charge is 0.480 e. The number of carboxylic acids is 1. The van der Waals surface area contributed by atoms with Crippen LogP contribution in [0.15, 0.2) is 0 Å². The highest BCUT2D eigenvalue weighted by molar-refractivity contribution is 6.78. The number of aliphatic carboxylic acids is 1. The summed E-state index contributed by atoms with van der Waals surface area (Å²) in [6.07, 6.45) is 2.54. The van der Waals surface area contributed by atoms with Crippen molar-refractivity contribution in [3.05, 3.63) is 0 Å². The lowest BCUT2D eigenvalue weighted by Crippen LogP contribution is -2.50. The Morgan fingerprint density at radius 3 is 2.73 bits per heavy atom. The SMILES string of the molecule is C[Si]1(C)CN[C@H](C(=O)NC(C[C@@H]2CCCNC2=O)C(=O)O)C1. The number of piperidine rings is 1. The van der Waals surface area contributed by atoms with Crippen molar-refractivity contribution >= 4 is 25.9 Å². The number of nitrogens with one attached hydrogen (secondary N) is 3. The summed E-state index contributed by atoms with van der Waals surface area (Å²) in [4.78, 5) is 35.4. The van der Waals surface area contributed by atoms with E-state index in [-0.39, 0.29) is 30.2 Å². The monoisotopic (exact) mass is 327 g/mol. The molecule has 124 valence electrons. The average molecular weight is 327 g/mol. The lowest BCUT2D eigenvalue weighted by atomic mass is 9.91. The van der Waals surface area contributed by atoms with Gasteiger partial charge in [-0.2, -0.15) is 0 Å². The van der Waals surface area contributed by atoms with Crippen molar-refractivity contribution in [3.63, 3.8) is 0 Å². The van der Waals surface area contributed by atoms with E-state index in [0.717, 1.165) is 18.6 Å². The molecule has 0 radical (unpaired) electrons. The van der Waals surface area contributed by atoms with Gasteiger partial charge in [-0.25, -0.2) is 4.79 Å². The smallest absolute Gasteiger partial charge is 0.326 e. The van der Waals surface area contributed by atoms with E-state index in [1.165, 1.54) is 0 Å². The third-order valence-corrected chi connectivity index (χ3v) is 7.11. The van der Waals surface area contributed by atoms with Gasteiger partial charge < -0.3 is 21.1 Å². The van der Waals surface area contributed by atoms with Gasteiger partial charge in [0.1, 0.15) is 6.04 Å². The zero-order valence-corrected chi connectivity index (χ0v) is 14.1. The molecule has 4 N–H and O–H groups in total. The summed E-state index contributed by atoms with van der Waals surface area (Å²) in [5, 5.41) is 17.9. The Hall–Kier alpha value is -1.41. The van der Waals surface area contributed by atoms with Crippen LogP contribution in [-0.4, -0.2) is 55.8 Å². The van der Waals surface area contributed by atoms with Gasteiger partial charge in [0.05, 0.1) is 14.1 Å². The molecule has 2 aliphatic heterocycles. The number of carbonyl (C=O) groups excluding carboxylic acids is 2. The maximum Gasteiger partial charge on any atom is 0.326 e. The first kappa shape index (κ1) is 16.9. The summed E-state index contributed by atoms with van der Waals surface area (Å²) in [6.45, 7) is 5.05. The second-order valence-electron chi connectivity index (χ2n) is 7.07. The molecule has 2 saturated heterocycles. The van der Waals surface area contributed by atoms with Crippen molar-refractivity contribution in [3.8, 4) is 0 Å². The van der Waals surface area contributed by atoms with Gasteiger partial charge in [0.25, 0.3) is 0 Å². The topological polar surface area (TPSA) is 108 Å². The van der Waals surface area contributed by atoms with Crippen LogP contribution in [-0.2, 0) is 14.4 Å². The molecule has 0 saturated carbocycles. The molecule has 2 fully saturated rings. The Bertz CT molecular complexity index is 469. The van der Waals surface area contributed by atoms with Crippen molar-refractivity contribution in [2.24, 2.45) is 5.92 Å². The van der Waals surface area contributed by atoms with Crippen molar-refractivity contribution in [2.45, 2.75) is 50.5 Å². The summed E-state index contributed by atoms with van der Waals surface area (Å²) in [5.74, 6) is -1.79. The number of carboxylic acid groups (broad SMARTS) is 1. The Morgan fingerprint density at radius 1 is 1.45 bits per heavy atom. The summed E-state index contributed by atoms with van der Waals surface area (Å²) in [5.41, 5.74) is 0. The maximum absolute atomic E-state index is 12.3. The molecule has 0 aromatic heterocycles. The second kappa shape index (κ2) is 6.78. The predicted molar refractivity (Wildman–Crippen MR) is 84.0 cm³/mol. The molecular formula is C14H25N3O4Si. The van der Waals surface area contributed by atoms with Crippen LogP contribution in [0, 0.1) is 5.92 Å². The van der Waals surface area contributed by atoms with Gasteiger partial charge in [-0.1, -0.05) is 13.1 Å². The molecule has 0 aromatic rings. The van der Waals surface area contributed by atoms with E-state index in [0.29, 0.717) is 13.0 Å². The van der Waals surface area contributed by atoms with Crippen LogP contribution in [0.2, 0.25) is 19.1 Å². The average Bonchev–Trinajstić information content (AvgIpc) is 2.80. The van der Waals surface area contributed by atoms with Crippen LogP contribution >= 0.6 is 0 Å². The van der Waals surface area contributed by atoms with E-state index < -0.39 is 20.1 Å². The fourth-order valence-corrected chi connectivity index (χ4v) is 5.50. The zero-order valence-electron chi connectivity index (χ0n) is 13.1. The maximum atomic E-state index is 12.3. The minimum Gasteiger partial charge on any atom is -0.480 e. The predicted octanol–water partition coefficient (Wildman–Crippen LogP) is -0.308. The van der Waals surface area contributed by atoms with Crippen LogP contribution in [0.1, 0.15) is 19.3 Å². The second-order valence-corrected chi connectivity index (χ2v) is 12.2. The Balaban J connectivity index is 1.92. The summed E-state index contributed by atoms with van der Waals surface area (Å²) in [6, 6.07) is -0.494. The van der Waals surface area contributed by atoms with Gasteiger partial charge in [-0.05, 0) is 31.5 Å². The molecule has 1 unspecified atom stereocenters. The summed E-state index contributed by atoms with van der Waals surface area (Å²) < 4.78 is 0. The van der Waals surface area contributed by atoms with Gasteiger partial charge in [0.15, 0.2) is 0 Å². The van der Waals surface area contributed by atoms with E-state index in [2.05, 4.69) is 29.0 Å². The fraction of sp³-hybridized carbons (Fsp3) is 0.786. The first-order valence-electron chi connectivity index (χ1n) is 7.83. The van der Waals surface area contributed by atoms with E-state index >= 15 is 0 Å². The van der Waals surface area contributed by atoms with Crippen LogP contribution in [0.25, 0.3) is 0 Å². The molecule has 2 rings (SSSR count). The van der Waals surface area contributed by atoms with E-state index in [1.807, 2.05) is 0 Å². The van der Waals surface area contributed by atoms with Crippen LogP contribution in [0.5, 0.6) is 0 Å². The third-order valence-electron chi connectivity index (χ3n) is 4.43. The normalized spacial score (nSPS) is 28.7. The minimum absolute atomic E-state index is 0.112. The molecule has 0 aliphatic carbocycles. The molecule has 2 amide bonds. The van der Waals surface area contributed by atoms with Gasteiger partial charge in [-0.15, -0.1) is 0 Å². The molecular weight excluding hydrogens is 302 g/mol. The first-order chi connectivity index (χ1) is 10.3. The molecule has 2 heterocycles. The van der Waals surface area contributed by atoms with Crippen LogP contribution < -0.4 is 16.0 Å². The van der Waals surface area contributed by atoms with Crippen LogP contribution in [0.3, 0.4) is 0 Å². The molecule has 2 aliphatic rings. The quantitative estimate of drug-likeness (QED) is 0.518. The number of hydrogen-bond donors (Lipinski definition) is 4. The molecule has 3 atom stereocenters. The van der Waals surface area contributed by atoms with Gasteiger partial charge >= 0.3 is 5.97 Å². The van der Waals surface area contributed by atoms with Gasteiger partial charge in [0.2, 0.25) is 11.8 Å². The molecule has 0 aromatic carbocycles. The van der Waals surface area contributed by atoms with Gasteiger partial charge in [-0.3, -0.25) is 9.59 Å². The van der Waals surface area contributed by atoms with Crippen LogP contribution in [0.4, 0.5) is 0 Å². The van der Waals surface area contributed by atoms with E-state index in [9.17, 15) is 19.5 Å². The Kier molecular flexibility index (Phi) is 5.22. The third kappa shape index (κ3) is 4.29. The van der Waals surface area contributed by atoms with E-state index in [1.54, 1.807) is 0 Å². The Labute approximate surface area is 131 Å². The number of rotatable bonds is 5. The highest BCUT2D eigenvalue weighted by atomic mass is 28.3. The highest BCUT2D eigenvalue weighted by Crippen LogP contribution is 2.20. The summed E-state index contributed by atoms with van der Waals surface area (Å²) >= 11 is 0. The fourth-order valence-electron chi connectivity index (χ4n) is 3.12. The van der Waals surface area contributed by atoms with E-state index in [4.69, 9.17) is 0 Å². The van der Waals surface area contributed by atoms with Crippen molar-refractivity contribution in [2.75, 3.05) is 12.7 Å². The minimum atomic E-state index is -1.38.